The molecular weight excluding hydrogens is 228 g/mol. The Balaban J connectivity index is 0.00000196. The third kappa shape index (κ3) is 5.89. The number of halogens is 3. The standard InChI is InChI=1S/C9H15F2NO2.ClH/c10-9(11)5-7(12-6-9)3-1-2-4-8(13)14;/h7,12H,1-6H2,(H,13,14);1H. The molecule has 0 spiro atoms. The Kier molecular flexibility index (Phi) is 6.05. The molecule has 3 nitrogen and oxygen atoms in total. The second-order valence-electron chi connectivity index (χ2n) is 3.78. The van der Waals surface area contributed by atoms with Crippen LogP contribution in [-0.4, -0.2) is 29.6 Å². The minimum atomic E-state index is -2.57. The lowest BCUT2D eigenvalue weighted by molar-refractivity contribution is -0.137. The summed E-state index contributed by atoms with van der Waals surface area (Å²) in [4.78, 5) is 10.2. The highest BCUT2D eigenvalue weighted by Gasteiger charge is 2.38. The number of carboxylic acids is 1. The maximum atomic E-state index is 12.7. The molecule has 1 rings (SSSR count). The molecule has 0 amide bonds. The Morgan fingerprint density at radius 3 is 2.60 bits per heavy atom. The Morgan fingerprint density at radius 1 is 1.47 bits per heavy atom. The van der Waals surface area contributed by atoms with E-state index in [2.05, 4.69) is 5.32 Å². The summed E-state index contributed by atoms with van der Waals surface area (Å²) in [5.41, 5.74) is 0. The van der Waals surface area contributed by atoms with Crippen molar-refractivity contribution in [2.24, 2.45) is 0 Å². The molecule has 15 heavy (non-hydrogen) atoms. The van der Waals surface area contributed by atoms with Gasteiger partial charge in [0.05, 0.1) is 6.54 Å². The smallest absolute Gasteiger partial charge is 0.303 e. The van der Waals surface area contributed by atoms with E-state index in [4.69, 9.17) is 5.11 Å². The summed E-state index contributed by atoms with van der Waals surface area (Å²) >= 11 is 0. The third-order valence-corrected chi connectivity index (χ3v) is 2.39. The predicted octanol–water partition coefficient (Wildman–Crippen LogP) is 2.05. The van der Waals surface area contributed by atoms with Crippen LogP contribution in [0.4, 0.5) is 8.78 Å². The Hall–Kier alpha value is -0.420. The fourth-order valence-corrected chi connectivity index (χ4v) is 1.67. The first-order valence-electron chi connectivity index (χ1n) is 4.83. The van der Waals surface area contributed by atoms with Gasteiger partial charge in [-0.25, -0.2) is 8.78 Å². The number of nitrogens with one attached hydrogen (secondary N) is 1. The van der Waals surface area contributed by atoms with Crippen molar-refractivity contribution in [3.8, 4) is 0 Å². The summed E-state index contributed by atoms with van der Waals surface area (Å²) < 4.78 is 25.4. The van der Waals surface area contributed by atoms with Crippen molar-refractivity contribution in [2.45, 2.75) is 44.1 Å². The second kappa shape index (κ2) is 6.23. The molecule has 0 bridgehead atoms. The maximum absolute atomic E-state index is 12.7. The van der Waals surface area contributed by atoms with Gasteiger partial charge in [0, 0.05) is 18.9 Å². The molecule has 1 unspecified atom stereocenters. The summed E-state index contributed by atoms with van der Waals surface area (Å²) in [6, 6.07) is -0.140. The molecule has 6 heteroatoms. The van der Waals surface area contributed by atoms with E-state index in [1.165, 1.54) is 0 Å². The first-order valence-corrected chi connectivity index (χ1v) is 4.83. The second-order valence-corrected chi connectivity index (χ2v) is 3.78. The molecule has 90 valence electrons. The molecule has 1 aliphatic heterocycles. The molecular formula is C9H16ClF2NO2. The lowest BCUT2D eigenvalue weighted by Crippen LogP contribution is -2.22. The summed E-state index contributed by atoms with van der Waals surface area (Å²) in [6.45, 7) is -0.239. The van der Waals surface area contributed by atoms with Gasteiger partial charge in [-0.2, -0.15) is 0 Å². The van der Waals surface area contributed by atoms with Crippen molar-refractivity contribution in [3.63, 3.8) is 0 Å². The van der Waals surface area contributed by atoms with E-state index >= 15 is 0 Å². The van der Waals surface area contributed by atoms with Crippen LogP contribution in [-0.2, 0) is 4.79 Å². The summed E-state index contributed by atoms with van der Waals surface area (Å²) in [5.74, 6) is -3.40. The van der Waals surface area contributed by atoms with Gasteiger partial charge in [0.1, 0.15) is 0 Å². The zero-order valence-corrected chi connectivity index (χ0v) is 9.16. The van der Waals surface area contributed by atoms with Crippen LogP contribution in [0.5, 0.6) is 0 Å². The molecule has 0 aliphatic carbocycles. The van der Waals surface area contributed by atoms with Crippen LogP contribution in [0.1, 0.15) is 32.1 Å². The molecule has 1 heterocycles. The number of rotatable bonds is 5. The number of hydrogen-bond acceptors (Lipinski definition) is 2. The van der Waals surface area contributed by atoms with Crippen LogP contribution in [0, 0.1) is 0 Å². The van der Waals surface area contributed by atoms with Gasteiger partial charge in [-0.3, -0.25) is 4.79 Å². The van der Waals surface area contributed by atoms with Crippen LogP contribution in [0.15, 0.2) is 0 Å². The van der Waals surface area contributed by atoms with Gasteiger partial charge in [-0.15, -0.1) is 12.4 Å². The van der Waals surface area contributed by atoms with Gasteiger partial charge in [-0.1, -0.05) is 6.42 Å². The van der Waals surface area contributed by atoms with Crippen molar-refractivity contribution in [1.29, 1.82) is 0 Å². The molecule has 2 N–H and O–H groups in total. The molecule has 1 atom stereocenters. The lowest BCUT2D eigenvalue weighted by Gasteiger charge is -2.08. The van der Waals surface area contributed by atoms with Gasteiger partial charge in [0.15, 0.2) is 0 Å². The first kappa shape index (κ1) is 14.6. The van der Waals surface area contributed by atoms with Crippen molar-refractivity contribution in [3.05, 3.63) is 0 Å². The van der Waals surface area contributed by atoms with Crippen LogP contribution in [0.2, 0.25) is 0 Å². The number of carboxylic acid groups (broad SMARTS) is 1. The predicted molar refractivity (Wildman–Crippen MR) is 54.7 cm³/mol. The molecule has 1 saturated heterocycles. The lowest BCUT2D eigenvalue weighted by atomic mass is 10.1. The van der Waals surface area contributed by atoms with Crippen molar-refractivity contribution in [2.75, 3.05) is 6.54 Å². The molecule has 0 aromatic heterocycles. The van der Waals surface area contributed by atoms with Gasteiger partial charge in [-0.05, 0) is 12.8 Å². The fourth-order valence-electron chi connectivity index (χ4n) is 1.67. The normalized spacial score (nSPS) is 23.5. The van der Waals surface area contributed by atoms with E-state index in [0.29, 0.717) is 19.3 Å². The largest absolute Gasteiger partial charge is 0.481 e. The topological polar surface area (TPSA) is 49.3 Å². The van der Waals surface area contributed by atoms with Crippen molar-refractivity contribution in [1.82, 2.24) is 5.32 Å². The van der Waals surface area contributed by atoms with E-state index in [0.717, 1.165) is 0 Å². The average Bonchev–Trinajstić information content (AvgIpc) is 2.39. The number of unbranched alkanes of at least 4 members (excludes halogenated alkanes) is 1. The van der Waals surface area contributed by atoms with E-state index in [1.807, 2.05) is 0 Å². The van der Waals surface area contributed by atoms with Crippen molar-refractivity contribution < 1.29 is 18.7 Å². The van der Waals surface area contributed by atoms with Gasteiger partial charge >= 0.3 is 5.97 Å². The molecule has 0 radical (unpaired) electrons. The minimum absolute atomic E-state index is 0. The van der Waals surface area contributed by atoms with E-state index in [1.54, 1.807) is 0 Å². The highest BCUT2D eigenvalue weighted by atomic mass is 35.5. The molecule has 0 aromatic rings. The van der Waals surface area contributed by atoms with E-state index in [9.17, 15) is 13.6 Å². The van der Waals surface area contributed by atoms with Gasteiger partial charge < -0.3 is 10.4 Å². The Morgan fingerprint density at radius 2 is 2.13 bits per heavy atom. The highest BCUT2D eigenvalue weighted by Crippen LogP contribution is 2.27. The fraction of sp³-hybridized carbons (Fsp3) is 0.889. The maximum Gasteiger partial charge on any atom is 0.303 e. The monoisotopic (exact) mass is 243 g/mol. The Bertz CT molecular complexity index is 214. The van der Waals surface area contributed by atoms with Gasteiger partial charge in [0.2, 0.25) is 0 Å². The molecule has 0 aromatic carbocycles. The quantitative estimate of drug-likeness (QED) is 0.727. The van der Waals surface area contributed by atoms with Crippen LogP contribution < -0.4 is 5.32 Å². The number of aliphatic carboxylic acids is 1. The Labute approximate surface area is 93.6 Å². The molecule has 1 aliphatic rings. The van der Waals surface area contributed by atoms with E-state index < -0.39 is 11.9 Å². The van der Waals surface area contributed by atoms with Crippen LogP contribution >= 0.6 is 12.4 Å². The van der Waals surface area contributed by atoms with E-state index in [-0.39, 0.29) is 37.8 Å². The summed E-state index contributed by atoms with van der Waals surface area (Å²) in [7, 11) is 0. The third-order valence-electron chi connectivity index (χ3n) is 2.39. The highest BCUT2D eigenvalue weighted by molar-refractivity contribution is 5.85. The number of alkyl halides is 2. The van der Waals surface area contributed by atoms with Crippen molar-refractivity contribution >= 4 is 18.4 Å². The molecule has 0 saturated carbocycles. The van der Waals surface area contributed by atoms with Gasteiger partial charge in [0.25, 0.3) is 5.92 Å². The number of carbonyl (C=O) groups is 1. The van der Waals surface area contributed by atoms with Crippen LogP contribution in [0.3, 0.4) is 0 Å². The molecule has 1 fully saturated rings. The number of hydrogen-bond donors (Lipinski definition) is 2. The first-order chi connectivity index (χ1) is 6.49. The SMILES string of the molecule is Cl.O=C(O)CCCCC1CC(F)(F)CN1. The van der Waals surface area contributed by atoms with Crippen LogP contribution in [0.25, 0.3) is 0 Å². The summed E-state index contributed by atoms with van der Waals surface area (Å²) in [5, 5.41) is 11.1. The summed E-state index contributed by atoms with van der Waals surface area (Å²) in [6.07, 6.45) is 1.92. The average molecular weight is 244 g/mol. The zero-order valence-electron chi connectivity index (χ0n) is 8.34. The zero-order chi connectivity index (χ0) is 10.6. The minimum Gasteiger partial charge on any atom is -0.481 e.